The first-order chi connectivity index (χ1) is 7.24. The summed E-state index contributed by atoms with van der Waals surface area (Å²) in [6.45, 7) is 9.65. The number of hydrogen-bond acceptors (Lipinski definition) is 4. The Hall–Kier alpha value is -0.160. The molecule has 0 saturated heterocycles. The van der Waals surface area contributed by atoms with E-state index in [1.54, 1.807) is 11.3 Å². The van der Waals surface area contributed by atoms with Gasteiger partial charge in [0.15, 0.2) is 0 Å². The van der Waals surface area contributed by atoms with E-state index in [-0.39, 0.29) is 12.4 Å². The molecule has 5 heteroatoms. The van der Waals surface area contributed by atoms with E-state index in [0.29, 0.717) is 5.92 Å². The standard InChI is InChI=1S/C11H20N2OS.ClH/c1-4-14-6-5-12-7-10-8-15-11(13-10)9(2)3;/h8-9,12H,4-7H2,1-3H3;1H. The van der Waals surface area contributed by atoms with Gasteiger partial charge in [0.25, 0.3) is 0 Å². The SMILES string of the molecule is CCOCCNCc1csc(C(C)C)n1.Cl. The number of thiazole rings is 1. The first-order valence-electron chi connectivity index (χ1n) is 5.46. The molecule has 1 rings (SSSR count). The van der Waals surface area contributed by atoms with Gasteiger partial charge in [0.1, 0.15) is 0 Å². The Balaban J connectivity index is 0.00000225. The maximum Gasteiger partial charge on any atom is 0.0954 e. The van der Waals surface area contributed by atoms with E-state index in [1.807, 2.05) is 6.92 Å². The van der Waals surface area contributed by atoms with Crippen LogP contribution in [0.15, 0.2) is 5.38 Å². The number of aromatic nitrogens is 1. The number of nitrogens with one attached hydrogen (secondary N) is 1. The minimum atomic E-state index is 0. The maximum absolute atomic E-state index is 5.23. The highest BCUT2D eigenvalue weighted by molar-refractivity contribution is 7.09. The average molecular weight is 265 g/mol. The molecule has 1 heterocycles. The van der Waals surface area contributed by atoms with E-state index in [4.69, 9.17) is 4.74 Å². The highest BCUT2D eigenvalue weighted by Gasteiger charge is 2.04. The fraction of sp³-hybridized carbons (Fsp3) is 0.727. The molecule has 1 aromatic heterocycles. The molecule has 0 amide bonds. The second-order valence-electron chi connectivity index (χ2n) is 3.71. The summed E-state index contributed by atoms with van der Waals surface area (Å²) in [6.07, 6.45) is 0. The Morgan fingerprint density at radius 3 is 2.81 bits per heavy atom. The summed E-state index contributed by atoms with van der Waals surface area (Å²) in [5.74, 6) is 0.534. The molecule has 0 radical (unpaired) electrons. The van der Waals surface area contributed by atoms with Crippen molar-refractivity contribution in [1.29, 1.82) is 0 Å². The van der Waals surface area contributed by atoms with Gasteiger partial charge in [-0.15, -0.1) is 23.7 Å². The van der Waals surface area contributed by atoms with Gasteiger partial charge in [-0.1, -0.05) is 13.8 Å². The van der Waals surface area contributed by atoms with Crippen LogP contribution < -0.4 is 5.32 Å². The third-order valence-electron chi connectivity index (χ3n) is 2.00. The van der Waals surface area contributed by atoms with Crippen molar-refractivity contribution in [2.24, 2.45) is 0 Å². The van der Waals surface area contributed by atoms with Crippen LogP contribution >= 0.6 is 23.7 Å². The third kappa shape index (κ3) is 5.80. The fourth-order valence-electron chi connectivity index (χ4n) is 1.17. The second kappa shape index (κ2) is 8.93. The summed E-state index contributed by atoms with van der Waals surface area (Å²) in [7, 11) is 0. The lowest BCUT2D eigenvalue weighted by atomic mass is 10.2. The van der Waals surface area contributed by atoms with Crippen LogP contribution in [0.3, 0.4) is 0 Å². The molecule has 1 N–H and O–H groups in total. The molecule has 0 atom stereocenters. The molecule has 0 spiro atoms. The molecule has 0 aromatic carbocycles. The van der Waals surface area contributed by atoms with Crippen LogP contribution in [0.4, 0.5) is 0 Å². The van der Waals surface area contributed by atoms with Crippen molar-refractivity contribution < 1.29 is 4.74 Å². The van der Waals surface area contributed by atoms with Crippen LogP contribution in [-0.4, -0.2) is 24.7 Å². The Labute approximate surface area is 108 Å². The third-order valence-corrected chi connectivity index (χ3v) is 3.19. The molecular weight excluding hydrogens is 244 g/mol. The monoisotopic (exact) mass is 264 g/mol. The molecule has 3 nitrogen and oxygen atoms in total. The van der Waals surface area contributed by atoms with E-state index in [9.17, 15) is 0 Å². The van der Waals surface area contributed by atoms with Gasteiger partial charge >= 0.3 is 0 Å². The Kier molecular flexibility index (Phi) is 8.84. The minimum absolute atomic E-state index is 0. The number of nitrogens with zero attached hydrogens (tertiary/aromatic N) is 1. The molecular formula is C11H21ClN2OS. The van der Waals surface area contributed by atoms with Gasteiger partial charge in [-0.3, -0.25) is 0 Å². The molecule has 0 aliphatic carbocycles. The van der Waals surface area contributed by atoms with Crippen molar-refractivity contribution in [1.82, 2.24) is 10.3 Å². The average Bonchev–Trinajstić information content (AvgIpc) is 2.66. The van der Waals surface area contributed by atoms with E-state index in [2.05, 4.69) is 29.5 Å². The smallest absolute Gasteiger partial charge is 0.0954 e. The summed E-state index contributed by atoms with van der Waals surface area (Å²) in [5.41, 5.74) is 1.14. The van der Waals surface area contributed by atoms with Gasteiger partial charge in [0, 0.05) is 31.0 Å². The number of hydrogen-bond donors (Lipinski definition) is 1. The van der Waals surface area contributed by atoms with Crippen molar-refractivity contribution in [2.45, 2.75) is 33.2 Å². The lowest BCUT2D eigenvalue weighted by molar-refractivity contribution is 0.149. The lowest BCUT2D eigenvalue weighted by Crippen LogP contribution is -2.19. The van der Waals surface area contributed by atoms with Crippen molar-refractivity contribution in [3.8, 4) is 0 Å². The summed E-state index contributed by atoms with van der Waals surface area (Å²) < 4.78 is 5.23. The van der Waals surface area contributed by atoms with Crippen LogP contribution in [0, 0.1) is 0 Å². The van der Waals surface area contributed by atoms with Crippen molar-refractivity contribution in [3.05, 3.63) is 16.1 Å². The van der Waals surface area contributed by atoms with Gasteiger partial charge in [0.05, 0.1) is 17.3 Å². The first-order valence-corrected chi connectivity index (χ1v) is 6.34. The molecule has 0 saturated carbocycles. The Morgan fingerprint density at radius 1 is 1.50 bits per heavy atom. The van der Waals surface area contributed by atoms with Gasteiger partial charge in [-0.2, -0.15) is 0 Å². The molecule has 0 aliphatic rings. The summed E-state index contributed by atoms with van der Waals surface area (Å²) in [6, 6.07) is 0. The largest absolute Gasteiger partial charge is 0.380 e. The summed E-state index contributed by atoms with van der Waals surface area (Å²) >= 11 is 1.74. The van der Waals surface area contributed by atoms with Crippen molar-refractivity contribution in [2.75, 3.05) is 19.8 Å². The maximum atomic E-state index is 5.23. The number of ether oxygens (including phenoxy) is 1. The molecule has 0 unspecified atom stereocenters. The van der Waals surface area contributed by atoms with Gasteiger partial charge in [-0.05, 0) is 6.92 Å². The highest BCUT2D eigenvalue weighted by Crippen LogP contribution is 2.18. The normalized spacial score (nSPS) is 10.5. The zero-order chi connectivity index (χ0) is 11.1. The van der Waals surface area contributed by atoms with Crippen LogP contribution in [0.5, 0.6) is 0 Å². The van der Waals surface area contributed by atoms with Crippen LogP contribution in [0.2, 0.25) is 0 Å². The Bertz CT molecular complexity index is 279. The van der Waals surface area contributed by atoms with Gasteiger partial charge in [0.2, 0.25) is 0 Å². The lowest BCUT2D eigenvalue weighted by Gasteiger charge is -2.02. The fourth-order valence-corrected chi connectivity index (χ4v) is 2.01. The topological polar surface area (TPSA) is 34.1 Å². The zero-order valence-corrected chi connectivity index (χ0v) is 11.8. The summed E-state index contributed by atoms with van der Waals surface area (Å²) in [5, 5.41) is 6.65. The molecule has 1 aromatic rings. The van der Waals surface area contributed by atoms with Gasteiger partial charge in [-0.25, -0.2) is 4.98 Å². The minimum Gasteiger partial charge on any atom is -0.380 e. The first kappa shape index (κ1) is 15.8. The number of rotatable bonds is 7. The predicted octanol–water partition coefficient (Wildman–Crippen LogP) is 2.81. The summed E-state index contributed by atoms with van der Waals surface area (Å²) in [4.78, 5) is 4.54. The molecule has 0 aliphatic heterocycles. The van der Waals surface area contributed by atoms with Crippen LogP contribution in [0.25, 0.3) is 0 Å². The second-order valence-corrected chi connectivity index (χ2v) is 4.60. The van der Waals surface area contributed by atoms with E-state index < -0.39 is 0 Å². The van der Waals surface area contributed by atoms with Gasteiger partial charge < -0.3 is 10.1 Å². The molecule has 16 heavy (non-hydrogen) atoms. The van der Waals surface area contributed by atoms with Crippen LogP contribution in [-0.2, 0) is 11.3 Å². The Morgan fingerprint density at radius 2 is 2.25 bits per heavy atom. The van der Waals surface area contributed by atoms with E-state index in [1.165, 1.54) is 5.01 Å². The van der Waals surface area contributed by atoms with E-state index in [0.717, 1.165) is 32.0 Å². The molecule has 94 valence electrons. The van der Waals surface area contributed by atoms with Crippen LogP contribution in [0.1, 0.15) is 37.4 Å². The molecule has 0 fully saturated rings. The number of halogens is 1. The molecule has 0 bridgehead atoms. The van der Waals surface area contributed by atoms with Crippen molar-refractivity contribution >= 4 is 23.7 Å². The zero-order valence-electron chi connectivity index (χ0n) is 10.2. The van der Waals surface area contributed by atoms with Crippen molar-refractivity contribution in [3.63, 3.8) is 0 Å². The quantitative estimate of drug-likeness (QED) is 0.769. The predicted molar refractivity (Wildman–Crippen MR) is 71.7 cm³/mol. The highest BCUT2D eigenvalue weighted by atomic mass is 35.5. The van der Waals surface area contributed by atoms with E-state index >= 15 is 0 Å².